The summed E-state index contributed by atoms with van der Waals surface area (Å²) in [5.74, 6) is -4.53. The van der Waals surface area contributed by atoms with Gasteiger partial charge in [-0.2, -0.15) is 0 Å². The van der Waals surface area contributed by atoms with Gasteiger partial charge in [0, 0.05) is 5.69 Å². The number of aryl methyl sites for hydroxylation is 1. The zero-order valence-electron chi connectivity index (χ0n) is 17.6. The number of anilines is 1. The summed E-state index contributed by atoms with van der Waals surface area (Å²) in [4.78, 5) is 50.2. The molecule has 0 aliphatic rings. The Hall–Kier alpha value is -4.46. The van der Waals surface area contributed by atoms with Gasteiger partial charge in [0.1, 0.15) is 0 Å². The summed E-state index contributed by atoms with van der Waals surface area (Å²) in [6, 6.07) is 22.2. The van der Waals surface area contributed by atoms with Crippen molar-refractivity contribution in [2.75, 3.05) is 5.32 Å². The number of para-hydroxylation sites is 1. The number of carbonyl (C=O) groups excluding carboxylic acids is 3. The van der Waals surface area contributed by atoms with Crippen LogP contribution in [0.15, 0.2) is 84.9 Å². The van der Waals surface area contributed by atoms with Crippen LogP contribution in [0.5, 0.6) is 0 Å². The van der Waals surface area contributed by atoms with E-state index in [1.54, 1.807) is 67.6 Å². The van der Waals surface area contributed by atoms with Gasteiger partial charge < -0.3 is 19.9 Å². The highest BCUT2D eigenvalue weighted by Crippen LogP contribution is 2.18. The van der Waals surface area contributed by atoms with Gasteiger partial charge in [0.2, 0.25) is 12.2 Å². The fourth-order valence-electron chi connectivity index (χ4n) is 2.93. The normalized spacial score (nSPS) is 12.2. The molecule has 0 saturated carbocycles. The molecule has 8 heteroatoms. The van der Waals surface area contributed by atoms with E-state index >= 15 is 0 Å². The lowest BCUT2D eigenvalue weighted by atomic mass is 10.1. The SMILES string of the molecule is Cc1ccccc1NC(=O)[C@@H](OC(=O)c1ccccc1)[C@@H](OC(=O)c1ccccc1)C(=O)O. The van der Waals surface area contributed by atoms with E-state index in [0.29, 0.717) is 11.3 Å². The smallest absolute Gasteiger partial charge is 0.349 e. The molecule has 33 heavy (non-hydrogen) atoms. The molecule has 0 bridgehead atoms. The van der Waals surface area contributed by atoms with Crippen molar-refractivity contribution in [3.63, 3.8) is 0 Å². The first-order chi connectivity index (χ1) is 15.9. The van der Waals surface area contributed by atoms with E-state index < -0.39 is 36.0 Å². The largest absolute Gasteiger partial charge is 0.478 e. The van der Waals surface area contributed by atoms with Crippen LogP contribution in [0.1, 0.15) is 26.3 Å². The summed E-state index contributed by atoms with van der Waals surface area (Å²) < 4.78 is 10.4. The van der Waals surface area contributed by atoms with E-state index in [2.05, 4.69) is 5.32 Å². The van der Waals surface area contributed by atoms with Crippen LogP contribution in [-0.2, 0) is 19.1 Å². The zero-order chi connectivity index (χ0) is 23.8. The van der Waals surface area contributed by atoms with Crippen LogP contribution in [0.25, 0.3) is 0 Å². The fourth-order valence-corrected chi connectivity index (χ4v) is 2.93. The second-order valence-corrected chi connectivity index (χ2v) is 7.03. The number of hydrogen-bond acceptors (Lipinski definition) is 6. The van der Waals surface area contributed by atoms with Crippen LogP contribution < -0.4 is 5.32 Å². The molecule has 1 amide bonds. The van der Waals surface area contributed by atoms with Crippen molar-refractivity contribution in [2.24, 2.45) is 0 Å². The van der Waals surface area contributed by atoms with Gasteiger partial charge in [0.15, 0.2) is 0 Å². The Morgan fingerprint density at radius 1 is 0.697 bits per heavy atom. The van der Waals surface area contributed by atoms with Crippen LogP contribution in [0.4, 0.5) is 5.69 Å². The summed E-state index contributed by atoms with van der Waals surface area (Å²) in [6.07, 6.45) is -4.04. The van der Waals surface area contributed by atoms with E-state index in [9.17, 15) is 24.3 Å². The molecule has 3 aromatic carbocycles. The van der Waals surface area contributed by atoms with Crippen LogP contribution in [0.3, 0.4) is 0 Å². The highest BCUT2D eigenvalue weighted by atomic mass is 16.6. The van der Waals surface area contributed by atoms with Gasteiger partial charge in [0.25, 0.3) is 5.91 Å². The van der Waals surface area contributed by atoms with Crippen molar-refractivity contribution in [1.29, 1.82) is 0 Å². The van der Waals surface area contributed by atoms with Gasteiger partial charge in [-0.3, -0.25) is 4.79 Å². The van der Waals surface area contributed by atoms with Crippen molar-refractivity contribution in [3.8, 4) is 0 Å². The van der Waals surface area contributed by atoms with Crippen molar-refractivity contribution in [3.05, 3.63) is 102 Å². The van der Waals surface area contributed by atoms with Gasteiger partial charge in [-0.05, 0) is 42.8 Å². The maximum Gasteiger partial charge on any atom is 0.349 e. The molecule has 0 radical (unpaired) electrons. The molecule has 2 atom stereocenters. The Balaban J connectivity index is 1.91. The molecular formula is C25H21NO7. The van der Waals surface area contributed by atoms with Crippen molar-refractivity contribution in [2.45, 2.75) is 19.1 Å². The highest BCUT2D eigenvalue weighted by Gasteiger charge is 2.41. The van der Waals surface area contributed by atoms with E-state index in [4.69, 9.17) is 9.47 Å². The summed E-state index contributed by atoms with van der Waals surface area (Å²) in [6.45, 7) is 1.74. The quantitative estimate of drug-likeness (QED) is 0.508. The predicted molar refractivity (Wildman–Crippen MR) is 119 cm³/mol. The monoisotopic (exact) mass is 447 g/mol. The highest BCUT2D eigenvalue weighted by molar-refractivity contribution is 6.01. The Morgan fingerprint density at radius 3 is 1.64 bits per heavy atom. The van der Waals surface area contributed by atoms with Gasteiger partial charge in [-0.1, -0.05) is 54.6 Å². The van der Waals surface area contributed by atoms with Gasteiger partial charge in [-0.25, -0.2) is 14.4 Å². The maximum atomic E-state index is 13.1. The molecule has 0 heterocycles. The molecule has 3 rings (SSSR count). The number of nitrogens with one attached hydrogen (secondary N) is 1. The molecule has 8 nitrogen and oxygen atoms in total. The Kier molecular flexibility index (Phi) is 7.54. The number of ether oxygens (including phenoxy) is 2. The number of rotatable bonds is 8. The molecule has 0 aliphatic heterocycles. The molecule has 0 unspecified atom stereocenters. The average molecular weight is 447 g/mol. The number of carboxylic acid groups (broad SMARTS) is 1. The summed E-state index contributed by atoms with van der Waals surface area (Å²) in [5, 5.41) is 12.3. The molecule has 168 valence electrons. The lowest BCUT2D eigenvalue weighted by molar-refractivity contribution is -0.157. The minimum Gasteiger partial charge on any atom is -0.478 e. The number of esters is 2. The lowest BCUT2D eigenvalue weighted by Gasteiger charge is -2.24. The van der Waals surface area contributed by atoms with Crippen LogP contribution in [-0.4, -0.2) is 41.1 Å². The molecule has 3 aromatic rings. The van der Waals surface area contributed by atoms with Gasteiger partial charge in [-0.15, -0.1) is 0 Å². The summed E-state index contributed by atoms with van der Waals surface area (Å²) in [5.41, 5.74) is 1.27. The molecule has 2 N–H and O–H groups in total. The van der Waals surface area contributed by atoms with Crippen molar-refractivity contribution in [1.82, 2.24) is 0 Å². The Labute approximate surface area is 189 Å². The molecule has 0 saturated heterocycles. The van der Waals surface area contributed by atoms with Gasteiger partial charge >= 0.3 is 17.9 Å². The molecular weight excluding hydrogens is 426 g/mol. The van der Waals surface area contributed by atoms with Crippen molar-refractivity contribution >= 4 is 29.5 Å². The Morgan fingerprint density at radius 2 is 1.15 bits per heavy atom. The molecule has 0 aromatic heterocycles. The predicted octanol–water partition coefficient (Wildman–Crippen LogP) is 3.47. The van der Waals surface area contributed by atoms with E-state index in [1.807, 2.05) is 0 Å². The standard InChI is InChI=1S/C25H21NO7/c1-16-10-8-9-15-19(16)26-22(27)20(32-24(30)17-11-4-2-5-12-17)21(23(28)29)33-25(31)18-13-6-3-7-14-18/h2-15,20-21H,1H3,(H,26,27)(H,28,29)/t20-,21+/m0/s1. The number of hydrogen-bond donors (Lipinski definition) is 2. The van der Waals surface area contributed by atoms with Crippen LogP contribution in [0, 0.1) is 6.92 Å². The molecule has 0 fully saturated rings. The second-order valence-electron chi connectivity index (χ2n) is 7.03. The number of amides is 1. The number of aliphatic carboxylic acids is 1. The maximum absolute atomic E-state index is 13.1. The first kappa shape index (κ1) is 23.2. The third-order valence-corrected chi connectivity index (χ3v) is 4.67. The number of carbonyl (C=O) groups is 4. The minimum absolute atomic E-state index is 0.0798. The third kappa shape index (κ3) is 6.04. The summed E-state index contributed by atoms with van der Waals surface area (Å²) >= 11 is 0. The number of carboxylic acids is 1. The summed E-state index contributed by atoms with van der Waals surface area (Å²) in [7, 11) is 0. The zero-order valence-corrected chi connectivity index (χ0v) is 17.6. The van der Waals surface area contributed by atoms with Crippen LogP contribution >= 0.6 is 0 Å². The average Bonchev–Trinajstić information content (AvgIpc) is 2.83. The third-order valence-electron chi connectivity index (χ3n) is 4.67. The first-order valence-electron chi connectivity index (χ1n) is 9.98. The fraction of sp³-hybridized carbons (Fsp3) is 0.120. The van der Waals surface area contributed by atoms with E-state index in [1.165, 1.54) is 24.3 Å². The number of benzene rings is 3. The van der Waals surface area contributed by atoms with Gasteiger partial charge in [0.05, 0.1) is 11.1 Å². The van der Waals surface area contributed by atoms with Crippen LogP contribution in [0.2, 0.25) is 0 Å². The minimum atomic E-state index is -2.09. The molecule has 0 aliphatic carbocycles. The Bertz CT molecular complexity index is 1150. The lowest BCUT2D eigenvalue weighted by Crippen LogP contribution is -2.48. The van der Waals surface area contributed by atoms with Crippen molar-refractivity contribution < 1.29 is 33.8 Å². The first-order valence-corrected chi connectivity index (χ1v) is 9.98. The van der Waals surface area contributed by atoms with E-state index in [-0.39, 0.29) is 11.1 Å². The topological polar surface area (TPSA) is 119 Å². The second kappa shape index (κ2) is 10.7. The molecule has 0 spiro atoms. The van der Waals surface area contributed by atoms with E-state index in [0.717, 1.165) is 0 Å².